The van der Waals surface area contributed by atoms with Crippen molar-refractivity contribution in [1.29, 1.82) is 0 Å². The van der Waals surface area contributed by atoms with E-state index in [9.17, 15) is 24.8 Å². The fourth-order valence-electron chi connectivity index (χ4n) is 3.88. The molecule has 0 amide bonds. The van der Waals surface area contributed by atoms with Gasteiger partial charge in [-0.15, -0.1) is 0 Å². The van der Waals surface area contributed by atoms with Crippen molar-refractivity contribution in [2.45, 2.75) is 0 Å². The Balaban J connectivity index is 1.69. The molecule has 1 N–H and O–H groups in total. The average Bonchev–Trinajstić information content (AvgIpc) is 3.45. The van der Waals surface area contributed by atoms with Crippen LogP contribution in [0.15, 0.2) is 119 Å². The summed E-state index contributed by atoms with van der Waals surface area (Å²) in [5.74, 6) is 0. The third kappa shape index (κ3) is 6.62. The molecule has 216 valence electrons. The first-order chi connectivity index (χ1) is 20.8. The molecule has 0 aliphatic carbocycles. The van der Waals surface area contributed by atoms with Gasteiger partial charge in [0.05, 0.1) is 21.2 Å². The minimum atomic E-state index is -4.19. The fraction of sp³-hybridized carbons (Fsp3) is 0.0357. The number of aromatic nitrogens is 2. The SMILES string of the molecule is CO[P@@](=O)(N=c1sn(-c2ccccc2)nc1-c1ccc([N+](=O)[O-])cc1)/C(=N\Nc1ccccc1)c1ccc([N+](=O)[O-])cc1. The Labute approximate surface area is 248 Å². The van der Waals surface area contributed by atoms with Gasteiger partial charge >= 0.3 is 7.52 Å². The van der Waals surface area contributed by atoms with Crippen LogP contribution >= 0.6 is 19.1 Å². The summed E-state index contributed by atoms with van der Waals surface area (Å²) in [7, 11) is -2.96. The number of para-hydroxylation sites is 2. The Hall–Kier alpha value is -5.30. The summed E-state index contributed by atoms with van der Waals surface area (Å²) < 4.78 is 26.5. The Morgan fingerprint density at radius 1 is 0.860 bits per heavy atom. The molecule has 1 atom stereocenters. The van der Waals surface area contributed by atoms with Gasteiger partial charge < -0.3 is 4.52 Å². The van der Waals surface area contributed by atoms with E-state index in [2.05, 4.69) is 20.4 Å². The van der Waals surface area contributed by atoms with Crippen LogP contribution in [-0.4, -0.2) is 31.6 Å². The smallest absolute Gasteiger partial charge is 0.311 e. The number of nitrogens with zero attached hydrogens (tertiary/aromatic N) is 6. The molecule has 5 rings (SSSR count). The van der Waals surface area contributed by atoms with Crippen LogP contribution in [-0.2, 0) is 9.09 Å². The van der Waals surface area contributed by atoms with Crippen molar-refractivity contribution >= 4 is 41.6 Å². The van der Waals surface area contributed by atoms with E-state index in [1.54, 1.807) is 28.3 Å². The topological polar surface area (TPSA) is 167 Å². The number of hydrogen-bond acceptors (Lipinski definition) is 10. The zero-order chi connectivity index (χ0) is 30.4. The highest BCUT2D eigenvalue weighted by atomic mass is 32.1. The molecule has 0 bridgehead atoms. The molecule has 0 saturated heterocycles. The van der Waals surface area contributed by atoms with Crippen molar-refractivity contribution in [3.05, 3.63) is 140 Å². The molecule has 0 aliphatic heterocycles. The number of nitro groups is 2. The van der Waals surface area contributed by atoms with Crippen LogP contribution in [0.1, 0.15) is 5.56 Å². The lowest BCUT2D eigenvalue weighted by molar-refractivity contribution is -0.385. The first kappa shape index (κ1) is 29.2. The van der Waals surface area contributed by atoms with Crippen LogP contribution in [0.25, 0.3) is 16.9 Å². The minimum absolute atomic E-state index is 0.0944. The number of anilines is 1. The van der Waals surface area contributed by atoms with Crippen LogP contribution in [0.2, 0.25) is 0 Å². The van der Waals surface area contributed by atoms with Gasteiger partial charge in [-0.3, -0.25) is 30.2 Å². The molecule has 0 radical (unpaired) electrons. The number of hydrogen-bond donors (Lipinski definition) is 1. The van der Waals surface area contributed by atoms with Gasteiger partial charge in [0.15, 0.2) is 10.1 Å². The van der Waals surface area contributed by atoms with E-state index >= 15 is 0 Å². The molecule has 0 unspecified atom stereocenters. The largest absolute Gasteiger partial charge is 0.366 e. The second-order valence-corrected chi connectivity index (χ2v) is 11.7. The minimum Gasteiger partial charge on any atom is -0.311 e. The predicted octanol–water partition coefficient (Wildman–Crippen LogP) is 6.63. The average molecular weight is 616 g/mol. The molecule has 0 fully saturated rings. The van der Waals surface area contributed by atoms with E-state index in [1.165, 1.54) is 55.6 Å². The molecule has 0 saturated carbocycles. The summed E-state index contributed by atoms with van der Waals surface area (Å²) in [5.41, 5.74) is 4.89. The Kier molecular flexibility index (Phi) is 8.62. The summed E-state index contributed by atoms with van der Waals surface area (Å²) in [6.45, 7) is 0. The van der Waals surface area contributed by atoms with E-state index in [4.69, 9.17) is 4.52 Å². The monoisotopic (exact) mass is 615 g/mol. The molecule has 0 aliphatic rings. The van der Waals surface area contributed by atoms with Crippen molar-refractivity contribution in [3.8, 4) is 16.9 Å². The van der Waals surface area contributed by atoms with Gasteiger partial charge in [-0.1, -0.05) is 36.4 Å². The molecule has 13 nitrogen and oxygen atoms in total. The maximum Gasteiger partial charge on any atom is 0.366 e. The molecular formula is C28H22N7O6PS. The van der Waals surface area contributed by atoms with Gasteiger partial charge in [-0.25, -0.2) is 0 Å². The maximum absolute atomic E-state index is 14.6. The van der Waals surface area contributed by atoms with Gasteiger partial charge in [0.25, 0.3) is 11.4 Å². The van der Waals surface area contributed by atoms with Crippen LogP contribution in [0.5, 0.6) is 0 Å². The zero-order valence-electron chi connectivity index (χ0n) is 22.4. The lowest BCUT2D eigenvalue weighted by Crippen LogP contribution is -2.10. The highest BCUT2D eigenvalue weighted by Crippen LogP contribution is 2.51. The lowest BCUT2D eigenvalue weighted by Gasteiger charge is -2.14. The molecular weight excluding hydrogens is 593 g/mol. The molecule has 1 heterocycles. The molecule has 15 heteroatoms. The number of non-ortho nitro benzene ring substituents is 2. The first-order valence-corrected chi connectivity index (χ1v) is 14.9. The van der Waals surface area contributed by atoms with Gasteiger partial charge in [-0.05, 0) is 60.1 Å². The second kappa shape index (κ2) is 12.7. The van der Waals surface area contributed by atoms with Crippen molar-refractivity contribution < 1.29 is 18.9 Å². The number of nitrogens with one attached hydrogen (secondary N) is 1. The van der Waals surface area contributed by atoms with Gasteiger partial charge in [0.1, 0.15) is 5.69 Å². The summed E-state index contributed by atoms with van der Waals surface area (Å²) in [6.07, 6.45) is 0. The normalized spacial score (nSPS) is 13.3. The van der Waals surface area contributed by atoms with Crippen molar-refractivity contribution in [1.82, 2.24) is 9.17 Å². The summed E-state index contributed by atoms with van der Waals surface area (Å²) in [6, 6.07) is 29.2. The third-order valence-corrected chi connectivity index (χ3v) is 8.94. The van der Waals surface area contributed by atoms with E-state index < -0.39 is 17.4 Å². The molecule has 1 aromatic heterocycles. The first-order valence-electron chi connectivity index (χ1n) is 12.5. The third-order valence-electron chi connectivity index (χ3n) is 6.03. The lowest BCUT2D eigenvalue weighted by atomic mass is 10.1. The molecule has 5 aromatic rings. The quantitative estimate of drug-likeness (QED) is 0.0790. The van der Waals surface area contributed by atoms with Gasteiger partial charge in [0.2, 0.25) is 0 Å². The van der Waals surface area contributed by atoms with Gasteiger partial charge in [0, 0.05) is 42.5 Å². The number of rotatable bonds is 10. The summed E-state index contributed by atoms with van der Waals surface area (Å²) in [4.78, 5) is 21.4. The Bertz CT molecular complexity index is 1910. The molecule has 4 aromatic carbocycles. The number of nitro benzene ring substituents is 2. The molecule has 43 heavy (non-hydrogen) atoms. The van der Waals surface area contributed by atoms with Crippen molar-refractivity contribution in [2.75, 3.05) is 12.5 Å². The second-order valence-electron chi connectivity index (χ2n) is 8.78. The number of benzene rings is 4. The Morgan fingerprint density at radius 2 is 1.42 bits per heavy atom. The highest BCUT2D eigenvalue weighted by molar-refractivity contribution is 7.76. The standard InChI is InChI=1S/C28H22N7O6PS/c1-41-42(40,27(30-29-22-8-4-2-5-9-22)21-14-18-25(19-15-21)35(38)39)32-28-26(20-12-16-24(17-13-20)34(36)37)31-33(43-28)23-10-6-3-7-11-23/h2-19,29H,1H3/b30-27-,32-28?/t42-/m1/s1. The van der Waals surface area contributed by atoms with Crippen LogP contribution in [0, 0.1) is 20.2 Å². The predicted molar refractivity (Wildman–Crippen MR) is 163 cm³/mol. The van der Waals surface area contributed by atoms with E-state index in [-0.39, 0.29) is 27.1 Å². The van der Waals surface area contributed by atoms with Crippen LogP contribution < -0.4 is 10.1 Å². The van der Waals surface area contributed by atoms with Gasteiger partial charge in [-0.2, -0.15) is 19.0 Å². The summed E-state index contributed by atoms with van der Waals surface area (Å²) >= 11 is 1.08. The van der Waals surface area contributed by atoms with Crippen LogP contribution in [0.4, 0.5) is 17.1 Å². The van der Waals surface area contributed by atoms with Crippen molar-refractivity contribution in [2.24, 2.45) is 9.86 Å². The maximum atomic E-state index is 14.6. The van der Waals surface area contributed by atoms with E-state index in [1.807, 2.05) is 36.4 Å². The number of hydrazone groups is 1. The van der Waals surface area contributed by atoms with Crippen molar-refractivity contribution in [3.63, 3.8) is 0 Å². The van der Waals surface area contributed by atoms with E-state index in [0.717, 1.165) is 11.5 Å². The fourth-order valence-corrected chi connectivity index (χ4v) is 6.44. The highest BCUT2D eigenvalue weighted by Gasteiger charge is 2.32. The van der Waals surface area contributed by atoms with Crippen LogP contribution in [0.3, 0.4) is 0 Å². The van der Waals surface area contributed by atoms with E-state index in [0.29, 0.717) is 22.6 Å². The summed E-state index contributed by atoms with van der Waals surface area (Å²) in [5, 5.41) is 31.5. The zero-order valence-corrected chi connectivity index (χ0v) is 24.1. The molecule has 0 spiro atoms. The Morgan fingerprint density at radius 3 is 1.98 bits per heavy atom.